The summed E-state index contributed by atoms with van der Waals surface area (Å²) in [5.74, 6) is 0.0833. The molecule has 0 aliphatic heterocycles. The Kier molecular flexibility index (Phi) is 5.33. The summed E-state index contributed by atoms with van der Waals surface area (Å²) in [5.41, 5.74) is 1.57. The van der Waals surface area contributed by atoms with Crippen LogP contribution < -0.4 is 5.32 Å². The van der Waals surface area contributed by atoms with Gasteiger partial charge in [-0.25, -0.2) is 4.39 Å². The maximum absolute atomic E-state index is 13.9. The number of rotatable bonds is 5. The quantitative estimate of drug-likeness (QED) is 0.590. The van der Waals surface area contributed by atoms with E-state index in [0.29, 0.717) is 5.56 Å². The summed E-state index contributed by atoms with van der Waals surface area (Å²) in [4.78, 5) is 14.7. The number of thioether (sulfide) groups is 1. The fourth-order valence-electron chi connectivity index (χ4n) is 2.23. The lowest BCUT2D eigenvalue weighted by Gasteiger charge is -2.10. The number of nitrogens with one attached hydrogen (secondary N) is 1. The SMILES string of the molecule is Cc1ccc(NC(=O)c2ccccc2SCc2cccs2)c(F)c1. The molecule has 0 fully saturated rings. The van der Waals surface area contributed by atoms with E-state index in [9.17, 15) is 9.18 Å². The van der Waals surface area contributed by atoms with Gasteiger partial charge in [0.1, 0.15) is 5.82 Å². The van der Waals surface area contributed by atoms with Crippen molar-refractivity contribution in [1.29, 1.82) is 0 Å². The highest BCUT2D eigenvalue weighted by Gasteiger charge is 2.13. The van der Waals surface area contributed by atoms with Crippen molar-refractivity contribution in [1.82, 2.24) is 0 Å². The molecule has 0 aliphatic rings. The zero-order chi connectivity index (χ0) is 16.9. The van der Waals surface area contributed by atoms with Gasteiger partial charge in [0.05, 0.1) is 11.3 Å². The smallest absolute Gasteiger partial charge is 0.256 e. The summed E-state index contributed by atoms with van der Waals surface area (Å²) in [7, 11) is 0. The topological polar surface area (TPSA) is 29.1 Å². The third kappa shape index (κ3) is 4.04. The first-order chi connectivity index (χ1) is 11.6. The van der Waals surface area contributed by atoms with Crippen LogP contribution >= 0.6 is 23.1 Å². The molecular formula is C19H16FNOS2. The summed E-state index contributed by atoms with van der Waals surface area (Å²) in [6.45, 7) is 1.81. The molecule has 1 N–H and O–H groups in total. The van der Waals surface area contributed by atoms with E-state index in [1.807, 2.05) is 36.6 Å². The highest BCUT2D eigenvalue weighted by Crippen LogP contribution is 2.28. The molecule has 3 rings (SSSR count). The number of halogens is 1. The van der Waals surface area contributed by atoms with Gasteiger partial charge in [-0.1, -0.05) is 24.3 Å². The summed E-state index contributed by atoms with van der Waals surface area (Å²) in [6.07, 6.45) is 0. The molecular weight excluding hydrogens is 341 g/mol. The van der Waals surface area contributed by atoms with Gasteiger partial charge in [0, 0.05) is 15.5 Å². The lowest BCUT2D eigenvalue weighted by molar-refractivity contribution is 0.102. The van der Waals surface area contributed by atoms with E-state index in [-0.39, 0.29) is 11.6 Å². The molecule has 1 amide bonds. The predicted molar refractivity (Wildman–Crippen MR) is 99.4 cm³/mol. The summed E-state index contributed by atoms with van der Waals surface area (Å²) in [6, 6.07) is 16.3. The third-order valence-corrected chi connectivity index (χ3v) is 5.64. The van der Waals surface area contributed by atoms with Gasteiger partial charge in [-0.2, -0.15) is 0 Å². The summed E-state index contributed by atoms with van der Waals surface area (Å²) in [5, 5.41) is 4.70. The molecule has 2 nitrogen and oxygen atoms in total. The number of thiophene rings is 1. The molecule has 1 heterocycles. The molecule has 0 saturated carbocycles. The van der Waals surface area contributed by atoms with Gasteiger partial charge in [-0.05, 0) is 48.2 Å². The van der Waals surface area contributed by atoms with E-state index in [4.69, 9.17) is 0 Å². The molecule has 0 radical (unpaired) electrons. The molecule has 1 aromatic heterocycles. The Labute approximate surface area is 148 Å². The Morgan fingerprint density at radius 1 is 1.17 bits per heavy atom. The van der Waals surface area contributed by atoms with Gasteiger partial charge in [-0.3, -0.25) is 4.79 Å². The lowest BCUT2D eigenvalue weighted by atomic mass is 10.2. The second-order valence-electron chi connectivity index (χ2n) is 5.30. The van der Waals surface area contributed by atoms with Crippen LogP contribution in [0.3, 0.4) is 0 Å². The Balaban J connectivity index is 1.77. The van der Waals surface area contributed by atoms with Crippen LogP contribution in [0, 0.1) is 12.7 Å². The standard InChI is InChI=1S/C19H16FNOS2/c1-13-8-9-17(16(20)11-13)21-19(22)15-6-2-3-7-18(15)24-12-14-5-4-10-23-14/h2-11H,12H2,1H3,(H,21,22). The Morgan fingerprint density at radius 2 is 2.00 bits per heavy atom. The average Bonchev–Trinajstić information content (AvgIpc) is 3.09. The third-order valence-electron chi connectivity index (χ3n) is 3.45. The van der Waals surface area contributed by atoms with Crippen molar-refractivity contribution in [2.24, 2.45) is 0 Å². The second-order valence-corrected chi connectivity index (χ2v) is 7.35. The maximum Gasteiger partial charge on any atom is 0.256 e. The highest BCUT2D eigenvalue weighted by atomic mass is 32.2. The van der Waals surface area contributed by atoms with Crippen molar-refractivity contribution >= 4 is 34.7 Å². The molecule has 0 aliphatic carbocycles. The van der Waals surface area contributed by atoms with Gasteiger partial charge in [0.2, 0.25) is 0 Å². The van der Waals surface area contributed by atoms with Crippen molar-refractivity contribution in [2.45, 2.75) is 17.6 Å². The number of carbonyl (C=O) groups is 1. The number of benzene rings is 2. The summed E-state index contributed by atoms with van der Waals surface area (Å²) >= 11 is 3.30. The number of hydrogen-bond donors (Lipinski definition) is 1. The zero-order valence-electron chi connectivity index (χ0n) is 13.1. The van der Waals surface area contributed by atoms with Crippen molar-refractivity contribution in [3.05, 3.63) is 81.8 Å². The van der Waals surface area contributed by atoms with E-state index in [1.54, 1.807) is 41.3 Å². The van der Waals surface area contributed by atoms with Crippen molar-refractivity contribution in [3.8, 4) is 0 Å². The van der Waals surface area contributed by atoms with E-state index in [0.717, 1.165) is 16.2 Å². The molecule has 5 heteroatoms. The van der Waals surface area contributed by atoms with E-state index < -0.39 is 5.82 Å². The van der Waals surface area contributed by atoms with Crippen LogP contribution in [-0.2, 0) is 5.75 Å². The Hall–Kier alpha value is -2.11. The van der Waals surface area contributed by atoms with Crippen LogP contribution in [0.4, 0.5) is 10.1 Å². The van der Waals surface area contributed by atoms with Gasteiger partial charge < -0.3 is 5.32 Å². The van der Waals surface area contributed by atoms with Crippen LogP contribution in [0.25, 0.3) is 0 Å². The van der Waals surface area contributed by atoms with Gasteiger partial charge >= 0.3 is 0 Å². The minimum atomic E-state index is -0.424. The van der Waals surface area contributed by atoms with Crippen LogP contribution in [0.15, 0.2) is 64.9 Å². The number of carbonyl (C=O) groups excluding carboxylic acids is 1. The van der Waals surface area contributed by atoms with Gasteiger partial charge in [-0.15, -0.1) is 23.1 Å². The number of amides is 1. The van der Waals surface area contributed by atoms with Crippen LogP contribution in [0.2, 0.25) is 0 Å². The van der Waals surface area contributed by atoms with E-state index >= 15 is 0 Å². The first-order valence-corrected chi connectivity index (χ1v) is 9.32. The van der Waals surface area contributed by atoms with Crippen LogP contribution in [-0.4, -0.2) is 5.91 Å². The second kappa shape index (κ2) is 7.64. The summed E-state index contributed by atoms with van der Waals surface area (Å²) < 4.78 is 13.9. The number of aryl methyl sites for hydroxylation is 1. The first kappa shape index (κ1) is 16.7. The molecule has 3 aromatic rings. The largest absolute Gasteiger partial charge is 0.319 e. The van der Waals surface area contributed by atoms with Crippen LogP contribution in [0.1, 0.15) is 20.8 Å². The Morgan fingerprint density at radius 3 is 2.75 bits per heavy atom. The molecule has 0 unspecified atom stereocenters. The molecule has 0 spiro atoms. The van der Waals surface area contributed by atoms with E-state index in [1.165, 1.54) is 10.9 Å². The molecule has 122 valence electrons. The first-order valence-electron chi connectivity index (χ1n) is 7.45. The average molecular weight is 357 g/mol. The number of anilines is 1. The van der Waals surface area contributed by atoms with Crippen LogP contribution in [0.5, 0.6) is 0 Å². The maximum atomic E-state index is 13.9. The fourth-order valence-corrected chi connectivity index (χ4v) is 4.06. The molecule has 0 atom stereocenters. The molecule has 24 heavy (non-hydrogen) atoms. The fraction of sp³-hybridized carbons (Fsp3) is 0.105. The predicted octanol–water partition coefficient (Wildman–Crippen LogP) is 5.74. The molecule has 0 saturated heterocycles. The number of hydrogen-bond acceptors (Lipinski definition) is 3. The Bertz CT molecular complexity index is 846. The molecule has 2 aromatic carbocycles. The van der Waals surface area contributed by atoms with Gasteiger partial charge in [0.15, 0.2) is 0 Å². The molecule has 0 bridgehead atoms. The van der Waals surface area contributed by atoms with Crippen molar-refractivity contribution < 1.29 is 9.18 Å². The lowest BCUT2D eigenvalue weighted by Crippen LogP contribution is -2.14. The minimum Gasteiger partial charge on any atom is -0.319 e. The van der Waals surface area contributed by atoms with Crippen molar-refractivity contribution in [3.63, 3.8) is 0 Å². The van der Waals surface area contributed by atoms with Crippen molar-refractivity contribution in [2.75, 3.05) is 5.32 Å². The zero-order valence-corrected chi connectivity index (χ0v) is 14.7. The monoisotopic (exact) mass is 357 g/mol. The van der Waals surface area contributed by atoms with Gasteiger partial charge in [0.25, 0.3) is 5.91 Å². The normalized spacial score (nSPS) is 10.6. The van der Waals surface area contributed by atoms with E-state index in [2.05, 4.69) is 11.4 Å². The highest BCUT2D eigenvalue weighted by molar-refractivity contribution is 7.98. The minimum absolute atomic E-state index is 0.198.